The second-order valence-corrected chi connectivity index (χ2v) is 2.26. The number of benzene rings is 1. The lowest BCUT2D eigenvalue weighted by molar-refractivity contribution is 0.0946. The molecule has 6 heteroatoms. The van der Waals surface area contributed by atoms with Gasteiger partial charge in [0.25, 0.3) is 5.91 Å². The molecular formula is C7H7FN2O3. The Hall–Kier alpha value is -1.82. The summed E-state index contributed by atoms with van der Waals surface area (Å²) in [6.07, 6.45) is 0. The van der Waals surface area contributed by atoms with Gasteiger partial charge >= 0.3 is 0 Å². The van der Waals surface area contributed by atoms with E-state index in [1.165, 1.54) is 0 Å². The summed E-state index contributed by atoms with van der Waals surface area (Å²) < 4.78 is 12.9. The Bertz CT molecular complexity index is 354. The monoisotopic (exact) mass is 186 g/mol. The van der Waals surface area contributed by atoms with Crippen LogP contribution in [-0.2, 0) is 0 Å². The molecule has 0 unspecified atom stereocenters. The van der Waals surface area contributed by atoms with Crippen LogP contribution in [0, 0.1) is 5.82 Å². The van der Waals surface area contributed by atoms with E-state index in [-0.39, 0.29) is 0 Å². The van der Waals surface area contributed by atoms with Crippen LogP contribution in [0.4, 0.5) is 4.39 Å². The Morgan fingerprint density at radius 1 is 1.46 bits per heavy atom. The molecule has 0 aliphatic heterocycles. The summed E-state index contributed by atoms with van der Waals surface area (Å²) in [5.74, 6) is 1.35. The van der Waals surface area contributed by atoms with Gasteiger partial charge in [-0.25, -0.2) is 10.2 Å². The van der Waals surface area contributed by atoms with Gasteiger partial charge in [0, 0.05) is 0 Å². The Morgan fingerprint density at radius 2 is 2.08 bits per heavy atom. The Labute approximate surface area is 72.6 Å². The van der Waals surface area contributed by atoms with E-state index in [2.05, 4.69) is 0 Å². The molecule has 70 valence electrons. The van der Waals surface area contributed by atoms with Crippen molar-refractivity contribution in [3.05, 3.63) is 23.5 Å². The van der Waals surface area contributed by atoms with Gasteiger partial charge in [-0.1, -0.05) is 0 Å². The standard InChI is InChI=1S/C7H7FN2O3/c8-3-1-2-4(11)6(12)5(3)7(13)10-9/h1-2,11-12H,9H2,(H,10,13). The number of nitrogens with two attached hydrogens (primary N) is 1. The molecule has 0 spiro atoms. The van der Waals surface area contributed by atoms with Crippen LogP contribution in [0.5, 0.6) is 11.5 Å². The lowest BCUT2D eigenvalue weighted by atomic mass is 10.1. The fraction of sp³-hybridized carbons (Fsp3) is 0. The van der Waals surface area contributed by atoms with Crippen molar-refractivity contribution >= 4 is 5.91 Å². The van der Waals surface area contributed by atoms with Crippen LogP contribution in [0.2, 0.25) is 0 Å². The number of nitrogens with one attached hydrogen (secondary N) is 1. The van der Waals surface area contributed by atoms with Crippen LogP contribution in [0.3, 0.4) is 0 Å². The van der Waals surface area contributed by atoms with Gasteiger partial charge in [-0.2, -0.15) is 0 Å². The number of hydrogen-bond donors (Lipinski definition) is 4. The number of carbonyl (C=O) groups is 1. The second-order valence-electron chi connectivity index (χ2n) is 2.26. The molecule has 0 atom stereocenters. The first-order valence-corrected chi connectivity index (χ1v) is 3.29. The number of phenolic OH excluding ortho intramolecular Hbond substituents is 2. The molecule has 5 N–H and O–H groups in total. The Morgan fingerprint density at radius 3 is 2.62 bits per heavy atom. The molecule has 0 aliphatic carbocycles. The quantitative estimate of drug-likeness (QED) is 0.212. The number of hydrazine groups is 1. The average molecular weight is 186 g/mol. The highest BCUT2D eigenvalue weighted by atomic mass is 19.1. The van der Waals surface area contributed by atoms with Crippen molar-refractivity contribution in [2.45, 2.75) is 0 Å². The third-order valence-electron chi connectivity index (χ3n) is 1.46. The summed E-state index contributed by atoms with van der Waals surface area (Å²) in [5.41, 5.74) is 0.962. The molecule has 0 fully saturated rings. The Balaban J connectivity index is 3.33. The zero-order valence-corrected chi connectivity index (χ0v) is 6.41. The zero-order chi connectivity index (χ0) is 10.0. The highest BCUT2D eigenvalue weighted by molar-refractivity contribution is 5.97. The zero-order valence-electron chi connectivity index (χ0n) is 6.41. The van der Waals surface area contributed by atoms with Crippen LogP contribution in [0.1, 0.15) is 10.4 Å². The summed E-state index contributed by atoms with van der Waals surface area (Å²) in [7, 11) is 0. The maximum absolute atomic E-state index is 12.9. The lowest BCUT2D eigenvalue weighted by Gasteiger charge is -2.05. The van der Waals surface area contributed by atoms with Crippen molar-refractivity contribution in [1.82, 2.24) is 5.43 Å². The average Bonchev–Trinajstić information content (AvgIpc) is 2.12. The largest absolute Gasteiger partial charge is 0.504 e. The number of carbonyl (C=O) groups excluding carboxylic acids is 1. The molecule has 0 heterocycles. The first kappa shape index (κ1) is 9.27. The van der Waals surface area contributed by atoms with Gasteiger partial charge in [0.1, 0.15) is 11.4 Å². The van der Waals surface area contributed by atoms with E-state index in [4.69, 9.17) is 16.1 Å². The van der Waals surface area contributed by atoms with Crippen molar-refractivity contribution in [2.24, 2.45) is 5.84 Å². The van der Waals surface area contributed by atoms with Gasteiger partial charge < -0.3 is 10.2 Å². The van der Waals surface area contributed by atoms with Gasteiger partial charge in [-0.3, -0.25) is 10.2 Å². The van der Waals surface area contributed by atoms with Crippen LogP contribution in [0.25, 0.3) is 0 Å². The van der Waals surface area contributed by atoms with Crippen molar-refractivity contribution < 1.29 is 19.4 Å². The normalized spacial score (nSPS) is 9.69. The lowest BCUT2D eigenvalue weighted by Crippen LogP contribution is -2.30. The van der Waals surface area contributed by atoms with E-state index in [0.29, 0.717) is 0 Å². The third kappa shape index (κ3) is 1.52. The highest BCUT2D eigenvalue weighted by Gasteiger charge is 2.18. The first-order chi connectivity index (χ1) is 6.07. The third-order valence-corrected chi connectivity index (χ3v) is 1.46. The molecule has 0 saturated carbocycles. The predicted molar refractivity (Wildman–Crippen MR) is 41.4 cm³/mol. The molecule has 1 amide bonds. The molecule has 0 radical (unpaired) electrons. The van der Waals surface area contributed by atoms with Crippen LogP contribution < -0.4 is 11.3 Å². The number of rotatable bonds is 1. The van der Waals surface area contributed by atoms with Crippen molar-refractivity contribution in [2.75, 3.05) is 0 Å². The predicted octanol–water partition coefficient (Wildman–Crippen LogP) is -0.160. The molecule has 0 bridgehead atoms. The molecule has 5 nitrogen and oxygen atoms in total. The molecule has 0 aliphatic rings. The second kappa shape index (κ2) is 3.28. The van der Waals surface area contributed by atoms with E-state index in [0.717, 1.165) is 12.1 Å². The molecular weight excluding hydrogens is 179 g/mol. The van der Waals surface area contributed by atoms with Crippen LogP contribution in [0.15, 0.2) is 12.1 Å². The summed E-state index contributed by atoms with van der Waals surface area (Å²) >= 11 is 0. The van der Waals surface area contributed by atoms with E-state index >= 15 is 0 Å². The number of phenols is 2. The summed E-state index contributed by atoms with van der Waals surface area (Å²) in [5, 5.41) is 18.0. The van der Waals surface area contributed by atoms with Crippen LogP contribution >= 0.6 is 0 Å². The fourth-order valence-electron chi connectivity index (χ4n) is 0.844. The van der Waals surface area contributed by atoms with Crippen molar-refractivity contribution in [3.63, 3.8) is 0 Å². The molecule has 1 aromatic carbocycles. The fourth-order valence-corrected chi connectivity index (χ4v) is 0.844. The van der Waals surface area contributed by atoms with Gasteiger partial charge in [0.15, 0.2) is 11.5 Å². The summed E-state index contributed by atoms with van der Waals surface area (Å²) in [6, 6.07) is 1.78. The number of halogens is 1. The van der Waals surface area contributed by atoms with Gasteiger partial charge in [-0.05, 0) is 12.1 Å². The smallest absolute Gasteiger partial charge is 0.272 e. The molecule has 1 aromatic rings. The van der Waals surface area contributed by atoms with E-state index in [1.54, 1.807) is 5.43 Å². The molecule has 0 saturated heterocycles. The van der Waals surface area contributed by atoms with Gasteiger partial charge in [0.05, 0.1) is 0 Å². The van der Waals surface area contributed by atoms with E-state index in [9.17, 15) is 9.18 Å². The number of aromatic hydroxyl groups is 2. The number of hydrogen-bond acceptors (Lipinski definition) is 4. The van der Waals surface area contributed by atoms with Gasteiger partial charge in [0.2, 0.25) is 0 Å². The van der Waals surface area contributed by atoms with Crippen LogP contribution in [-0.4, -0.2) is 16.1 Å². The minimum absolute atomic E-state index is 0.583. The maximum atomic E-state index is 12.9. The number of amides is 1. The maximum Gasteiger partial charge on any atom is 0.272 e. The highest BCUT2D eigenvalue weighted by Crippen LogP contribution is 2.30. The first-order valence-electron chi connectivity index (χ1n) is 3.29. The summed E-state index contributed by atoms with van der Waals surface area (Å²) in [4.78, 5) is 10.9. The Kier molecular flexibility index (Phi) is 2.34. The summed E-state index contributed by atoms with van der Waals surface area (Å²) in [6.45, 7) is 0. The van der Waals surface area contributed by atoms with Gasteiger partial charge in [-0.15, -0.1) is 0 Å². The molecule has 13 heavy (non-hydrogen) atoms. The van der Waals surface area contributed by atoms with Crippen molar-refractivity contribution in [3.8, 4) is 11.5 Å². The molecule has 1 rings (SSSR count). The minimum atomic E-state index is -1.01. The molecule has 0 aromatic heterocycles. The van der Waals surface area contributed by atoms with E-state index < -0.39 is 28.8 Å². The van der Waals surface area contributed by atoms with Crippen molar-refractivity contribution in [1.29, 1.82) is 0 Å². The minimum Gasteiger partial charge on any atom is -0.504 e. The van der Waals surface area contributed by atoms with E-state index in [1.807, 2.05) is 0 Å². The topological polar surface area (TPSA) is 95.6 Å². The number of nitrogen functional groups attached to an aromatic ring is 1. The SMILES string of the molecule is NNC(=O)c1c(F)ccc(O)c1O.